The van der Waals surface area contributed by atoms with Gasteiger partial charge < -0.3 is 9.64 Å². The lowest BCUT2D eigenvalue weighted by molar-refractivity contribution is 0.0824. The summed E-state index contributed by atoms with van der Waals surface area (Å²) in [7, 11) is 3.56. The third-order valence-corrected chi connectivity index (χ3v) is 4.89. The predicted molar refractivity (Wildman–Crippen MR) is 123 cm³/mol. The number of nitrogens with zero attached hydrogens (tertiary/aromatic N) is 1. The molecule has 0 aliphatic rings. The van der Waals surface area contributed by atoms with Gasteiger partial charge in [-0.3, -0.25) is 9.59 Å². The van der Waals surface area contributed by atoms with Gasteiger partial charge in [0.15, 0.2) is 5.78 Å². The molecule has 30 heavy (non-hydrogen) atoms. The van der Waals surface area contributed by atoms with E-state index in [9.17, 15) is 9.59 Å². The van der Waals surface area contributed by atoms with Crippen molar-refractivity contribution >= 4 is 17.8 Å². The van der Waals surface area contributed by atoms with E-state index in [0.29, 0.717) is 17.9 Å². The van der Waals surface area contributed by atoms with Gasteiger partial charge in [-0.15, -0.1) is 0 Å². The Morgan fingerprint density at radius 1 is 1.00 bits per heavy atom. The number of rotatable bonds is 10. The first-order valence-electron chi connectivity index (χ1n) is 10.7. The number of benzene rings is 2. The van der Waals surface area contributed by atoms with Gasteiger partial charge in [0, 0.05) is 36.3 Å². The van der Waals surface area contributed by atoms with Gasteiger partial charge in [-0.1, -0.05) is 57.0 Å². The summed E-state index contributed by atoms with van der Waals surface area (Å²) in [5, 5.41) is 0. The van der Waals surface area contributed by atoms with Crippen LogP contribution >= 0.6 is 0 Å². The zero-order valence-electron chi connectivity index (χ0n) is 18.8. The molecular weight excluding hydrogens is 374 g/mol. The quantitative estimate of drug-likeness (QED) is 0.381. The molecule has 2 rings (SSSR count). The largest absolute Gasteiger partial charge is 0.493 e. The molecule has 0 unspecified atom stereocenters. The van der Waals surface area contributed by atoms with Crippen LogP contribution in [0.5, 0.6) is 5.75 Å². The van der Waals surface area contributed by atoms with Gasteiger partial charge in [-0.05, 0) is 43.5 Å². The van der Waals surface area contributed by atoms with Crippen molar-refractivity contribution in [2.45, 2.75) is 46.5 Å². The van der Waals surface area contributed by atoms with Crippen molar-refractivity contribution in [3.05, 3.63) is 70.3 Å². The van der Waals surface area contributed by atoms with Crippen LogP contribution < -0.4 is 4.74 Å². The maximum Gasteiger partial charge on any atom is 0.254 e. The van der Waals surface area contributed by atoms with Gasteiger partial charge in [0.05, 0.1) is 6.61 Å². The number of hydrogen-bond acceptors (Lipinski definition) is 3. The minimum absolute atomic E-state index is 0.00116. The number of ether oxygens (including phenoxy) is 1. The van der Waals surface area contributed by atoms with Crippen LogP contribution in [0.2, 0.25) is 0 Å². The highest BCUT2D eigenvalue weighted by atomic mass is 16.5. The molecule has 2 aromatic carbocycles. The van der Waals surface area contributed by atoms with E-state index >= 15 is 0 Å². The molecule has 0 N–H and O–H groups in total. The van der Waals surface area contributed by atoms with Crippen molar-refractivity contribution in [3.8, 4) is 5.75 Å². The van der Waals surface area contributed by atoms with Crippen LogP contribution in [0.1, 0.15) is 71.0 Å². The van der Waals surface area contributed by atoms with Crippen LogP contribution in [0.4, 0.5) is 0 Å². The molecule has 0 radical (unpaired) electrons. The van der Waals surface area contributed by atoms with Crippen LogP contribution in [0, 0.1) is 0 Å². The Balaban J connectivity index is 2.64. The predicted octanol–water partition coefficient (Wildman–Crippen LogP) is 5.59. The fraction of sp³-hybridized carbons (Fsp3) is 0.385. The molecule has 0 aliphatic carbocycles. The van der Waals surface area contributed by atoms with Gasteiger partial charge in [-0.25, -0.2) is 0 Å². The van der Waals surface area contributed by atoms with E-state index in [1.807, 2.05) is 37.3 Å². The second-order valence-corrected chi connectivity index (χ2v) is 7.50. The zero-order chi connectivity index (χ0) is 22.1. The van der Waals surface area contributed by atoms with Crippen LogP contribution in [-0.4, -0.2) is 37.3 Å². The highest BCUT2D eigenvalue weighted by molar-refractivity contribution is 6.07. The van der Waals surface area contributed by atoms with E-state index in [-0.39, 0.29) is 11.7 Å². The Labute approximate surface area is 180 Å². The summed E-state index contributed by atoms with van der Waals surface area (Å²) in [5.41, 5.74) is 4.20. The minimum Gasteiger partial charge on any atom is -0.493 e. The number of aryl methyl sites for hydroxylation is 1. The number of carbonyl (C=O) groups is 2. The summed E-state index contributed by atoms with van der Waals surface area (Å²) in [6, 6.07) is 11.2. The Morgan fingerprint density at radius 3 is 2.23 bits per heavy atom. The SMILES string of the molecule is CCCc1cc(C=CC(=O)c2ccccc2)c(OCC)c(CCC)c1C(=O)N(C)C. The maximum atomic E-state index is 13.1. The summed E-state index contributed by atoms with van der Waals surface area (Å²) in [4.78, 5) is 27.3. The fourth-order valence-electron chi connectivity index (χ4n) is 3.55. The Kier molecular flexibility index (Phi) is 8.85. The number of amides is 1. The second kappa shape index (κ2) is 11.3. The topological polar surface area (TPSA) is 46.6 Å². The first-order chi connectivity index (χ1) is 14.4. The van der Waals surface area contributed by atoms with Crippen LogP contribution in [0.15, 0.2) is 42.5 Å². The van der Waals surface area contributed by atoms with Gasteiger partial charge >= 0.3 is 0 Å². The molecule has 1 amide bonds. The van der Waals surface area contributed by atoms with E-state index < -0.39 is 0 Å². The Hall–Kier alpha value is -2.88. The highest BCUT2D eigenvalue weighted by Crippen LogP contribution is 2.34. The molecule has 160 valence electrons. The maximum absolute atomic E-state index is 13.1. The first-order valence-corrected chi connectivity index (χ1v) is 10.7. The number of allylic oxidation sites excluding steroid dienone is 1. The lowest BCUT2D eigenvalue weighted by Crippen LogP contribution is -2.25. The molecule has 0 spiro atoms. The van der Waals surface area contributed by atoms with Gasteiger partial charge in [-0.2, -0.15) is 0 Å². The van der Waals surface area contributed by atoms with E-state index in [1.54, 1.807) is 37.2 Å². The Morgan fingerprint density at radius 2 is 1.67 bits per heavy atom. The molecule has 0 saturated carbocycles. The highest BCUT2D eigenvalue weighted by Gasteiger charge is 2.23. The summed E-state index contributed by atoms with van der Waals surface area (Å²) in [6.07, 6.45) is 6.78. The molecule has 0 aliphatic heterocycles. The van der Waals surface area contributed by atoms with Crippen LogP contribution in [0.25, 0.3) is 6.08 Å². The van der Waals surface area contributed by atoms with E-state index in [0.717, 1.165) is 47.9 Å². The minimum atomic E-state index is -0.0550. The molecule has 0 bridgehead atoms. The lowest BCUT2D eigenvalue weighted by atomic mass is 9.90. The summed E-state index contributed by atoms with van der Waals surface area (Å²) in [5.74, 6) is 0.654. The summed E-state index contributed by atoms with van der Waals surface area (Å²) >= 11 is 0. The first kappa shape index (κ1) is 23.4. The Bertz CT molecular complexity index is 898. The molecule has 0 fully saturated rings. The van der Waals surface area contributed by atoms with Crippen molar-refractivity contribution in [2.24, 2.45) is 0 Å². The van der Waals surface area contributed by atoms with Crippen molar-refractivity contribution < 1.29 is 14.3 Å². The smallest absolute Gasteiger partial charge is 0.254 e. The number of ketones is 1. The van der Waals surface area contributed by atoms with Crippen molar-refractivity contribution in [1.82, 2.24) is 4.90 Å². The average molecular weight is 408 g/mol. The van der Waals surface area contributed by atoms with Crippen molar-refractivity contribution in [2.75, 3.05) is 20.7 Å². The number of carbonyl (C=O) groups excluding carboxylic acids is 2. The van der Waals surface area contributed by atoms with Crippen molar-refractivity contribution in [3.63, 3.8) is 0 Å². The zero-order valence-corrected chi connectivity index (χ0v) is 18.8. The molecule has 4 nitrogen and oxygen atoms in total. The molecule has 0 saturated heterocycles. The van der Waals surface area contributed by atoms with Gasteiger partial charge in [0.2, 0.25) is 0 Å². The summed E-state index contributed by atoms with van der Waals surface area (Å²) in [6.45, 7) is 6.63. The standard InChI is InChI=1S/C26H33NO3/c1-6-12-20-18-21(16-17-23(28)19-14-10-9-11-15-19)25(30-8-3)22(13-7-2)24(20)26(29)27(4)5/h9-11,14-18H,6-8,12-13H2,1-5H3. The number of hydrogen-bond donors (Lipinski definition) is 0. The molecule has 0 aromatic heterocycles. The van der Waals surface area contributed by atoms with Crippen LogP contribution in [0.3, 0.4) is 0 Å². The molecular formula is C26H33NO3. The third-order valence-electron chi connectivity index (χ3n) is 4.89. The molecule has 2 aromatic rings. The summed E-state index contributed by atoms with van der Waals surface area (Å²) < 4.78 is 6.03. The molecule has 4 heteroatoms. The normalized spacial score (nSPS) is 11.0. The average Bonchev–Trinajstić information content (AvgIpc) is 2.74. The van der Waals surface area contributed by atoms with E-state index in [4.69, 9.17) is 4.74 Å². The third kappa shape index (κ3) is 5.59. The fourth-order valence-corrected chi connectivity index (χ4v) is 3.55. The van der Waals surface area contributed by atoms with Crippen molar-refractivity contribution in [1.29, 1.82) is 0 Å². The van der Waals surface area contributed by atoms with Gasteiger partial charge in [0.1, 0.15) is 5.75 Å². The monoisotopic (exact) mass is 407 g/mol. The van der Waals surface area contributed by atoms with Gasteiger partial charge in [0.25, 0.3) is 5.91 Å². The van der Waals surface area contributed by atoms with E-state index in [1.165, 1.54) is 0 Å². The van der Waals surface area contributed by atoms with E-state index in [2.05, 4.69) is 13.8 Å². The molecule has 0 heterocycles. The van der Waals surface area contributed by atoms with Crippen LogP contribution in [-0.2, 0) is 12.8 Å². The lowest BCUT2D eigenvalue weighted by Gasteiger charge is -2.22. The second-order valence-electron chi connectivity index (χ2n) is 7.50. The molecule has 0 atom stereocenters.